The molecule has 0 atom stereocenters. The molecule has 0 unspecified atom stereocenters. The number of hydrogen-bond acceptors (Lipinski definition) is 3. The van der Waals surface area contributed by atoms with E-state index in [4.69, 9.17) is 11.6 Å². The molecule has 1 heterocycles. The zero-order valence-corrected chi connectivity index (χ0v) is 10.2. The number of hydrogen-bond donors (Lipinski definition) is 1. The highest BCUT2D eigenvalue weighted by Crippen LogP contribution is 2.11. The Morgan fingerprint density at radius 1 is 1.33 bits per heavy atom. The molecule has 0 aliphatic carbocycles. The number of anilines is 1. The number of amides is 1. The highest BCUT2D eigenvalue weighted by Gasteiger charge is 2.08. The van der Waals surface area contributed by atoms with Crippen molar-refractivity contribution in [2.75, 3.05) is 5.32 Å². The quantitative estimate of drug-likeness (QED) is 0.908. The number of aryl methyl sites for hydroxylation is 1. The lowest BCUT2D eigenvalue weighted by atomic mass is 10.1. The first-order chi connectivity index (χ1) is 8.56. The third kappa shape index (κ3) is 2.81. The average molecular weight is 266 g/mol. The van der Waals surface area contributed by atoms with E-state index in [2.05, 4.69) is 15.3 Å². The molecule has 0 radical (unpaired) electrons. The molecule has 1 aromatic heterocycles. The van der Waals surface area contributed by atoms with E-state index in [1.165, 1.54) is 30.6 Å². The Kier molecular flexibility index (Phi) is 3.53. The molecular formula is C12H9ClFN3O. The first kappa shape index (κ1) is 12.4. The number of benzene rings is 1. The molecule has 1 N–H and O–H groups in total. The van der Waals surface area contributed by atoms with Crippen LogP contribution < -0.4 is 5.32 Å². The average Bonchev–Trinajstić information content (AvgIpc) is 2.35. The first-order valence-corrected chi connectivity index (χ1v) is 5.49. The van der Waals surface area contributed by atoms with Crippen LogP contribution >= 0.6 is 11.6 Å². The van der Waals surface area contributed by atoms with Crippen LogP contribution in [0.25, 0.3) is 0 Å². The molecule has 0 bridgehead atoms. The summed E-state index contributed by atoms with van der Waals surface area (Å²) in [5, 5.41) is 2.78. The van der Waals surface area contributed by atoms with Gasteiger partial charge < -0.3 is 5.32 Å². The third-order valence-electron chi connectivity index (χ3n) is 2.28. The van der Waals surface area contributed by atoms with E-state index in [0.717, 1.165) is 0 Å². The van der Waals surface area contributed by atoms with Gasteiger partial charge in [-0.15, -0.1) is 0 Å². The van der Waals surface area contributed by atoms with Gasteiger partial charge in [0.1, 0.15) is 11.0 Å². The molecule has 6 heteroatoms. The first-order valence-electron chi connectivity index (χ1n) is 5.11. The van der Waals surface area contributed by atoms with Crippen molar-refractivity contribution in [1.82, 2.24) is 9.97 Å². The topological polar surface area (TPSA) is 54.9 Å². The van der Waals surface area contributed by atoms with Gasteiger partial charge in [-0.3, -0.25) is 4.79 Å². The van der Waals surface area contributed by atoms with Crippen molar-refractivity contribution in [3.05, 3.63) is 52.7 Å². The normalized spacial score (nSPS) is 10.2. The van der Waals surface area contributed by atoms with Gasteiger partial charge in [-0.2, -0.15) is 0 Å². The molecule has 0 aliphatic rings. The Balaban J connectivity index is 2.16. The minimum atomic E-state index is -0.380. The second-order valence-corrected chi connectivity index (χ2v) is 4.03. The van der Waals surface area contributed by atoms with Crippen LogP contribution in [0, 0.1) is 12.7 Å². The van der Waals surface area contributed by atoms with Crippen LogP contribution in [0.1, 0.15) is 15.9 Å². The summed E-state index contributed by atoms with van der Waals surface area (Å²) in [6.45, 7) is 1.59. The summed E-state index contributed by atoms with van der Waals surface area (Å²) in [6.07, 6.45) is 2.67. The molecule has 92 valence electrons. The Hall–Kier alpha value is -2.01. The van der Waals surface area contributed by atoms with Crippen LogP contribution in [0.15, 0.2) is 30.6 Å². The molecule has 0 fully saturated rings. The molecule has 0 aliphatic heterocycles. The summed E-state index contributed by atoms with van der Waals surface area (Å²) in [4.78, 5) is 19.5. The molecule has 1 aromatic carbocycles. The lowest BCUT2D eigenvalue weighted by molar-refractivity contribution is 0.102. The minimum absolute atomic E-state index is 0.241. The number of carbonyl (C=O) groups excluding carboxylic acids is 1. The molecule has 0 saturated heterocycles. The Morgan fingerprint density at radius 2 is 2.11 bits per heavy atom. The van der Waals surface area contributed by atoms with Gasteiger partial charge in [0.15, 0.2) is 5.82 Å². The Bertz CT molecular complexity index is 586. The van der Waals surface area contributed by atoms with Crippen LogP contribution in [0.5, 0.6) is 0 Å². The van der Waals surface area contributed by atoms with E-state index in [1.54, 1.807) is 6.92 Å². The second kappa shape index (κ2) is 5.10. The van der Waals surface area contributed by atoms with Gasteiger partial charge in [-0.25, -0.2) is 14.4 Å². The maximum absolute atomic E-state index is 13.1. The van der Waals surface area contributed by atoms with Crippen molar-refractivity contribution in [3.63, 3.8) is 0 Å². The van der Waals surface area contributed by atoms with Gasteiger partial charge in [0, 0.05) is 5.56 Å². The largest absolute Gasteiger partial charge is 0.305 e. The fourth-order valence-electron chi connectivity index (χ4n) is 1.35. The number of rotatable bonds is 2. The predicted molar refractivity (Wildman–Crippen MR) is 66.1 cm³/mol. The molecule has 2 aromatic rings. The van der Waals surface area contributed by atoms with Gasteiger partial charge in [0.05, 0.1) is 12.4 Å². The summed E-state index contributed by atoms with van der Waals surface area (Å²) in [7, 11) is 0. The SMILES string of the molecule is Cc1cc(C(=O)Nc2cnc(Cl)cn2)ccc1F. The van der Waals surface area contributed by atoms with Crippen LogP contribution in [0.4, 0.5) is 10.2 Å². The van der Waals surface area contributed by atoms with Crippen LogP contribution in [-0.2, 0) is 0 Å². The van der Waals surface area contributed by atoms with Crippen molar-refractivity contribution in [1.29, 1.82) is 0 Å². The number of halogens is 2. The van der Waals surface area contributed by atoms with Gasteiger partial charge in [0.2, 0.25) is 0 Å². The third-order valence-corrected chi connectivity index (χ3v) is 2.48. The van der Waals surface area contributed by atoms with Crippen LogP contribution in [0.3, 0.4) is 0 Å². The van der Waals surface area contributed by atoms with Gasteiger partial charge in [-0.05, 0) is 30.7 Å². The van der Waals surface area contributed by atoms with Crippen molar-refractivity contribution in [2.45, 2.75) is 6.92 Å². The van der Waals surface area contributed by atoms with Crippen molar-refractivity contribution >= 4 is 23.3 Å². The number of carbonyl (C=O) groups is 1. The van der Waals surface area contributed by atoms with Crippen LogP contribution in [-0.4, -0.2) is 15.9 Å². The summed E-state index contributed by atoms with van der Waals surface area (Å²) >= 11 is 5.58. The monoisotopic (exact) mass is 265 g/mol. The highest BCUT2D eigenvalue weighted by atomic mass is 35.5. The summed E-state index contributed by atoms with van der Waals surface area (Å²) in [6, 6.07) is 4.12. The fraction of sp³-hybridized carbons (Fsp3) is 0.0833. The van der Waals surface area contributed by atoms with Gasteiger partial charge in [0.25, 0.3) is 5.91 Å². The van der Waals surface area contributed by atoms with Crippen molar-refractivity contribution in [2.24, 2.45) is 0 Å². The van der Waals surface area contributed by atoms with E-state index in [9.17, 15) is 9.18 Å². The second-order valence-electron chi connectivity index (χ2n) is 3.64. The van der Waals surface area contributed by atoms with E-state index < -0.39 is 0 Å². The zero-order valence-electron chi connectivity index (χ0n) is 9.45. The minimum Gasteiger partial charge on any atom is -0.305 e. The summed E-state index contributed by atoms with van der Waals surface area (Å²) in [5.74, 6) is -0.445. The van der Waals surface area contributed by atoms with Gasteiger partial charge >= 0.3 is 0 Å². The van der Waals surface area contributed by atoms with Crippen LogP contribution in [0.2, 0.25) is 5.15 Å². The lowest BCUT2D eigenvalue weighted by Crippen LogP contribution is -2.13. The Morgan fingerprint density at radius 3 is 2.72 bits per heavy atom. The van der Waals surface area contributed by atoms with E-state index >= 15 is 0 Å². The molecular weight excluding hydrogens is 257 g/mol. The molecule has 4 nitrogen and oxygen atoms in total. The predicted octanol–water partition coefficient (Wildman–Crippen LogP) is 2.83. The van der Waals surface area contributed by atoms with Gasteiger partial charge in [-0.1, -0.05) is 11.6 Å². The molecule has 18 heavy (non-hydrogen) atoms. The molecule has 0 spiro atoms. The molecule has 2 rings (SSSR count). The summed E-state index contributed by atoms with van der Waals surface area (Å²) in [5.41, 5.74) is 0.760. The maximum Gasteiger partial charge on any atom is 0.256 e. The van der Waals surface area contributed by atoms with Crippen molar-refractivity contribution in [3.8, 4) is 0 Å². The molecule has 0 saturated carbocycles. The zero-order chi connectivity index (χ0) is 13.1. The maximum atomic E-state index is 13.1. The van der Waals surface area contributed by atoms with E-state index in [0.29, 0.717) is 11.1 Å². The number of nitrogens with zero attached hydrogens (tertiary/aromatic N) is 2. The number of nitrogens with one attached hydrogen (secondary N) is 1. The smallest absolute Gasteiger partial charge is 0.256 e. The van der Waals surface area contributed by atoms with Crippen molar-refractivity contribution < 1.29 is 9.18 Å². The fourth-order valence-corrected chi connectivity index (χ4v) is 1.45. The highest BCUT2D eigenvalue weighted by molar-refractivity contribution is 6.29. The standard InChI is InChI=1S/C12H9ClFN3O/c1-7-4-8(2-3-9(7)14)12(18)17-11-6-15-10(13)5-16-11/h2-6H,1H3,(H,16,17,18). The lowest BCUT2D eigenvalue weighted by Gasteiger charge is -2.05. The Labute approximate surface area is 108 Å². The molecule has 1 amide bonds. The van der Waals surface area contributed by atoms with E-state index in [1.807, 2.05) is 0 Å². The summed E-state index contributed by atoms with van der Waals surface area (Å²) < 4.78 is 13.1. The number of aromatic nitrogens is 2. The van der Waals surface area contributed by atoms with E-state index in [-0.39, 0.29) is 22.7 Å².